The Bertz CT molecular complexity index is 1220. The molecule has 0 aliphatic carbocycles. The first-order valence-electron chi connectivity index (χ1n) is 10.3. The molecule has 10 nitrogen and oxygen atoms in total. The predicted molar refractivity (Wildman–Crippen MR) is 122 cm³/mol. The number of nitrogen functional groups attached to an aromatic ring is 1. The van der Waals surface area contributed by atoms with Gasteiger partial charge in [-0.1, -0.05) is 0 Å². The molecular weight excluding hydrogens is 406 g/mol. The van der Waals surface area contributed by atoms with Crippen LogP contribution in [0.3, 0.4) is 0 Å². The van der Waals surface area contributed by atoms with Crippen molar-refractivity contribution in [1.29, 1.82) is 0 Å². The summed E-state index contributed by atoms with van der Waals surface area (Å²) < 4.78 is 7.09. The molecular formula is C22H23N9O. The molecule has 0 unspecified atom stereocenters. The van der Waals surface area contributed by atoms with E-state index in [1.807, 2.05) is 49.5 Å². The maximum atomic E-state index is 6.20. The average molecular weight is 429 g/mol. The minimum absolute atomic E-state index is 0.505. The molecule has 1 fully saturated rings. The van der Waals surface area contributed by atoms with Gasteiger partial charge in [0, 0.05) is 54.5 Å². The average Bonchev–Trinajstić information content (AvgIpc) is 3.26. The number of anilines is 4. The van der Waals surface area contributed by atoms with Crippen LogP contribution in [-0.4, -0.2) is 56.5 Å². The molecule has 32 heavy (non-hydrogen) atoms. The lowest BCUT2D eigenvalue weighted by Gasteiger charge is -2.29. The van der Waals surface area contributed by atoms with Gasteiger partial charge in [0.1, 0.15) is 0 Å². The molecule has 1 saturated heterocycles. The first-order valence-corrected chi connectivity index (χ1v) is 10.3. The van der Waals surface area contributed by atoms with E-state index in [1.165, 1.54) is 0 Å². The summed E-state index contributed by atoms with van der Waals surface area (Å²) in [4.78, 5) is 11.3. The molecule has 5 rings (SSSR count). The van der Waals surface area contributed by atoms with Crippen molar-refractivity contribution < 1.29 is 4.74 Å². The van der Waals surface area contributed by atoms with Gasteiger partial charge >= 0.3 is 0 Å². The van der Waals surface area contributed by atoms with Crippen molar-refractivity contribution in [1.82, 2.24) is 30.2 Å². The lowest BCUT2D eigenvalue weighted by molar-refractivity contribution is 0.122. The normalized spacial score (nSPS) is 13.8. The van der Waals surface area contributed by atoms with Crippen molar-refractivity contribution in [3.8, 4) is 22.6 Å². The highest BCUT2D eigenvalue weighted by molar-refractivity contribution is 5.72. The van der Waals surface area contributed by atoms with Gasteiger partial charge in [0.05, 0.1) is 18.9 Å². The number of tetrazole rings is 1. The Balaban J connectivity index is 1.37. The number of ether oxygens (including phenoxy) is 1. The monoisotopic (exact) mass is 429 g/mol. The van der Waals surface area contributed by atoms with Gasteiger partial charge in [-0.3, -0.25) is 0 Å². The highest BCUT2D eigenvalue weighted by atomic mass is 16.5. The minimum atomic E-state index is 0.505. The lowest BCUT2D eigenvalue weighted by atomic mass is 10.1. The first kappa shape index (κ1) is 19.9. The summed E-state index contributed by atoms with van der Waals surface area (Å²) in [7, 11) is 1.81. The minimum Gasteiger partial charge on any atom is -0.399 e. The topological polar surface area (TPSA) is 120 Å². The molecule has 0 spiro atoms. The molecule has 10 heteroatoms. The fourth-order valence-electron chi connectivity index (χ4n) is 3.67. The standard InChI is InChI=1S/C22H23N9O/c1-30-21(27-28-29-30)15-2-4-18(5-3-15)25-22-24-7-6-20(26-22)16-12-17(23)14-19(13-16)31-8-10-32-11-9-31/h2-7,12-14H,8-11,23H2,1H3,(H,24,25,26). The molecule has 1 aliphatic heterocycles. The van der Waals surface area contributed by atoms with E-state index < -0.39 is 0 Å². The molecule has 2 aromatic carbocycles. The molecule has 1 aliphatic rings. The molecule has 0 saturated carbocycles. The van der Waals surface area contributed by atoms with E-state index in [0.29, 0.717) is 17.5 Å². The van der Waals surface area contributed by atoms with E-state index in [-0.39, 0.29) is 0 Å². The Hall–Kier alpha value is -4.05. The number of nitrogens with two attached hydrogens (primary N) is 1. The first-order chi connectivity index (χ1) is 15.7. The van der Waals surface area contributed by atoms with Crippen LogP contribution in [0.1, 0.15) is 0 Å². The van der Waals surface area contributed by atoms with Gasteiger partial charge in [0.2, 0.25) is 5.95 Å². The zero-order valence-corrected chi connectivity index (χ0v) is 17.6. The molecule has 0 amide bonds. The van der Waals surface area contributed by atoms with Crippen LogP contribution in [0.15, 0.2) is 54.7 Å². The number of hydrogen-bond acceptors (Lipinski definition) is 9. The van der Waals surface area contributed by atoms with Gasteiger partial charge in [0.15, 0.2) is 5.82 Å². The maximum Gasteiger partial charge on any atom is 0.227 e. The third kappa shape index (κ3) is 4.21. The Kier molecular flexibility index (Phi) is 5.34. The fourth-order valence-corrected chi connectivity index (χ4v) is 3.67. The smallest absolute Gasteiger partial charge is 0.227 e. The summed E-state index contributed by atoms with van der Waals surface area (Å²) in [5.41, 5.74) is 11.5. The van der Waals surface area contributed by atoms with Crippen LogP contribution in [0, 0.1) is 0 Å². The molecule has 162 valence electrons. The van der Waals surface area contributed by atoms with Crippen molar-refractivity contribution in [2.75, 3.05) is 42.3 Å². The summed E-state index contributed by atoms with van der Waals surface area (Å²) in [5, 5.41) is 14.8. The van der Waals surface area contributed by atoms with Gasteiger partial charge in [-0.15, -0.1) is 5.10 Å². The van der Waals surface area contributed by atoms with Crippen molar-refractivity contribution in [2.45, 2.75) is 0 Å². The molecule has 4 aromatic rings. The number of rotatable bonds is 5. The van der Waals surface area contributed by atoms with Crippen LogP contribution >= 0.6 is 0 Å². The van der Waals surface area contributed by atoms with Gasteiger partial charge < -0.3 is 20.7 Å². The van der Waals surface area contributed by atoms with E-state index in [9.17, 15) is 0 Å². The fraction of sp³-hybridized carbons (Fsp3) is 0.227. The second-order valence-corrected chi connectivity index (χ2v) is 7.51. The number of aromatic nitrogens is 6. The SMILES string of the molecule is Cn1nnnc1-c1ccc(Nc2nccc(-c3cc(N)cc(N4CCOCC4)c3)n2)cc1. The number of hydrogen-bond donors (Lipinski definition) is 2. The summed E-state index contributed by atoms with van der Waals surface area (Å²) in [6.45, 7) is 3.13. The largest absolute Gasteiger partial charge is 0.399 e. The predicted octanol–water partition coefficient (Wildman–Crippen LogP) is 2.50. The molecule has 0 atom stereocenters. The number of benzene rings is 2. The second kappa shape index (κ2) is 8.60. The Morgan fingerprint density at radius 3 is 2.56 bits per heavy atom. The zero-order valence-electron chi connectivity index (χ0n) is 17.6. The molecule has 2 aromatic heterocycles. The quantitative estimate of drug-likeness (QED) is 0.461. The summed E-state index contributed by atoms with van der Waals surface area (Å²) in [6, 6.07) is 15.7. The Morgan fingerprint density at radius 1 is 1.00 bits per heavy atom. The molecule has 0 bridgehead atoms. The Labute approximate surface area is 185 Å². The highest BCUT2D eigenvalue weighted by Gasteiger charge is 2.14. The summed E-state index contributed by atoms with van der Waals surface area (Å²) in [5.74, 6) is 1.21. The molecule has 3 heterocycles. The van der Waals surface area contributed by atoms with Crippen LogP contribution in [0.2, 0.25) is 0 Å². The zero-order chi connectivity index (χ0) is 21.9. The van der Waals surface area contributed by atoms with Gasteiger partial charge in [0.25, 0.3) is 0 Å². The van der Waals surface area contributed by atoms with E-state index in [0.717, 1.165) is 54.5 Å². The van der Waals surface area contributed by atoms with Crippen LogP contribution in [-0.2, 0) is 11.8 Å². The molecule has 3 N–H and O–H groups in total. The number of aryl methyl sites for hydroxylation is 1. The van der Waals surface area contributed by atoms with Crippen LogP contribution in [0.4, 0.5) is 23.0 Å². The maximum absolute atomic E-state index is 6.20. The van der Waals surface area contributed by atoms with Crippen molar-refractivity contribution in [2.24, 2.45) is 7.05 Å². The van der Waals surface area contributed by atoms with Crippen molar-refractivity contribution in [3.63, 3.8) is 0 Å². The Morgan fingerprint density at radius 2 is 1.81 bits per heavy atom. The van der Waals surface area contributed by atoms with E-state index in [4.69, 9.17) is 15.5 Å². The third-order valence-corrected chi connectivity index (χ3v) is 5.29. The van der Waals surface area contributed by atoms with Gasteiger partial charge in [-0.2, -0.15) is 0 Å². The third-order valence-electron chi connectivity index (χ3n) is 5.29. The van der Waals surface area contributed by atoms with Crippen molar-refractivity contribution >= 4 is 23.0 Å². The highest BCUT2D eigenvalue weighted by Crippen LogP contribution is 2.28. The van der Waals surface area contributed by atoms with Gasteiger partial charge in [-0.05, 0) is 59.0 Å². The van der Waals surface area contributed by atoms with Crippen LogP contribution in [0.5, 0.6) is 0 Å². The van der Waals surface area contributed by atoms with Crippen molar-refractivity contribution in [3.05, 3.63) is 54.7 Å². The molecule has 0 radical (unpaired) electrons. The van der Waals surface area contributed by atoms with E-state index in [2.05, 4.69) is 36.8 Å². The van der Waals surface area contributed by atoms with E-state index in [1.54, 1.807) is 10.9 Å². The second-order valence-electron chi connectivity index (χ2n) is 7.51. The summed E-state index contributed by atoms with van der Waals surface area (Å²) in [6.07, 6.45) is 1.74. The number of morpholine rings is 1. The lowest BCUT2D eigenvalue weighted by Crippen LogP contribution is -2.36. The summed E-state index contributed by atoms with van der Waals surface area (Å²) >= 11 is 0. The van der Waals surface area contributed by atoms with Gasteiger partial charge in [-0.25, -0.2) is 14.6 Å². The van der Waals surface area contributed by atoms with Crippen LogP contribution < -0.4 is 16.0 Å². The van der Waals surface area contributed by atoms with Crippen LogP contribution in [0.25, 0.3) is 22.6 Å². The number of nitrogens with one attached hydrogen (secondary N) is 1. The number of nitrogens with zero attached hydrogens (tertiary/aromatic N) is 7. The van der Waals surface area contributed by atoms with E-state index >= 15 is 0 Å².